The van der Waals surface area contributed by atoms with E-state index in [1.807, 2.05) is 0 Å². The number of rotatable bonds is 1. The van der Waals surface area contributed by atoms with Crippen LogP contribution in [0.5, 0.6) is 0 Å². The van der Waals surface area contributed by atoms with Crippen LogP contribution in [0.1, 0.15) is 17.9 Å². The summed E-state index contributed by atoms with van der Waals surface area (Å²) in [6, 6.07) is 8.52. The summed E-state index contributed by atoms with van der Waals surface area (Å²) >= 11 is 3.44. The summed E-state index contributed by atoms with van der Waals surface area (Å²) in [7, 11) is 0. The van der Waals surface area contributed by atoms with Crippen LogP contribution in [0.2, 0.25) is 0 Å². The summed E-state index contributed by atoms with van der Waals surface area (Å²) in [6.07, 6.45) is 3.58. The van der Waals surface area contributed by atoms with Crippen LogP contribution in [0.25, 0.3) is 0 Å². The summed E-state index contributed by atoms with van der Waals surface area (Å²) in [6.45, 7) is 0. The third-order valence-electron chi connectivity index (χ3n) is 1.75. The Bertz CT molecular complexity index is 238. The lowest BCUT2D eigenvalue weighted by atomic mass is 10.1. The Balaban J connectivity index is 2.32. The molecule has 2 rings (SSSR count). The van der Waals surface area contributed by atoms with Crippen molar-refractivity contribution in [2.75, 3.05) is 0 Å². The van der Waals surface area contributed by atoms with Crippen molar-refractivity contribution in [3.8, 4) is 0 Å². The average molecular weight is 196 g/mol. The summed E-state index contributed by atoms with van der Waals surface area (Å²) in [5.41, 5.74) is 1.44. The van der Waals surface area contributed by atoms with Crippen LogP contribution in [0.4, 0.5) is 0 Å². The maximum Gasteiger partial charge on any atom is 0.0178 e. The van der Waals surface area contributed by atoms with E-state index in [4.69, 9.17) is 0 Å². The highest BCUT2D eigenvalue weighted by Gasteiger charge is 2.23. The van der Waals surface area contributed by atoms with Gasteiger partial charge in [-0.3, -0.25) is 0 Å². The van der Waals surface area contributed by atoms with Crippen LogP contribution in [-0.2, 0) is 0 Å². The maximum absolute atomic E-state index is 3.44. The third kappa shape index (κ3) is 1.24. The molecule has 0 aromatic heterocycles. The molecule has 0 bridgehead atoms. The number of hydrogen-bond donors (Lipinski definition) is 0. The second-order valence-electron chi connectivity index (χ2n) is 2.63. The summed E-state index contributed by atoms with van der Waals surface area (Å²) in [4.78, 5) is 0. The van der Waals surface area contributed by atoms with Gasteiger partial charge in [0.05, 0.1) is 0 Å². The van der Waals surface area contributed by atoms with E-state index in [2.05, 4.69) is 46.6 Å². The van der Waals surface area contributed by atoms with E-state index >= 15 is 0 Å². The van der Waals surface area contributed by atoms with E-state index in [9.17, 15) is 0 Å². The van der Waals surface area contributed by atoms with E-state index in [0.29, 0.717) is 0 Å². The lowest BCUT2D eigenvalue weighted by Gasteiger charge is -1.95. The first-order chi connectivity index (χ1) is 4.86. The first-order valence-corrected chi connectivity index (χ1v) is 4.24. The molecule has 1 fully saturated rings. The molecule has 51 valence electrons. The predicted molar refractivity (Wildman–Crippen MR) is 45.8 cm³/mol. The summed E-state index contributed by atoms with van der Waals surface area (Å²) in [5.74, 6) is 0.748. The van der Waals surface area contributed by atoms with Crippen molar-refractivity contribution in [2.45, 2.75) is 12.3 Å². The van der Waals surface area contributed by atoms with Gasteiger partial charge in [0.1, 0.15) is 0 Å². The van der Waals surface area contributed by atoms with Crippen molar-refractivity contribution in [2.24, 2.45) is 0 Å². The van der Waals surface area contributed by atoms with E-state index in [1.165, 1.54) is 16.5 Å². The fourth-order valence-electron chi connectivity index (χ4n) is 1.08. The molecule has 1 heteroatoms. The zero-order valence-corrected chi connectivity index (χ0v) is 7.14. The molecule has 0 nitrogen and oxygen atoms in total. The van der Waals surface area contributed by atoms with Gasteiger partial charge in [-0.05, 0) is 36.5 Å². The van der Waals surface area contributed by atoms with E-state index in [0.717, 1.165) is 5.92 Å². The van der Waals surface area contributed by atoms with Gasteiger partial charge in [-0.1, -0.05) is 28.1 Å². The van der Waals surface area contributed by atoms with Gasteiger partial charge in [-0.2, -0.15) is 0 Å². The lowest BCUT2D eigenvalue weighted by Crippen LogP contribution is -1.76. The first kappa shape index (κ1) is 6.41. The molecule has 1 atom stereocenters. The van der Waals surface area contributed by atoms with Gasteiger partial charge < -0.3 is 0 Å². The summed E-state index contributed by atoms with van der Waals surface area (Å²) < 4.78 is 1.19. The van der Waals surface area contributed by atoms with Crippen molar-refractivity contribution in [1.82, 2.24) is 0 Å². The van der Waals surface area contributed by atoms with Crippen molar-refractivity contribution in [3.63, 3.8) is 0 Å². The Morgan fingerprint density at radius 3 is 2.80 bits per heavy atom. The van der Waals surface area contributed by atoms with E-state index in [-0.39, 0.29) is 0 Å². The molecule has 1 aromatic carbocycles. The van der Waals surface area contributed by atoms with Gasteiger partial charge in [0, 0.05) is 4.47 Å². The number of hydrogen-bond acceptors (Lipinski definition) is 0. The monoisotopic (exact) mass is 195 g/mol. The maximum atomic E-state index is 3.44. The molecule has 1 unspecified atom stereocenters. The molecular formula is C9H8Br. The highest BCUT2D eigenvalue weighted by atomic mass is 79.9. The smallest absolute Gasteiger partial charge is 0.0178 e. The second kappa shape index (κ2) is 2.39. The van der Waals surface area contributed by atoms with Crippen molar-refractivity contribution < 1.29 is 0 Å². The van der Waals surface area contributed by atoms with Crippen LogP contribution in [0.3, 0.4) is 0 Å². The predicted octanol–water partition coefficient (Wildman–Crippen LogP) is 3.14. The molecule has 1 radical (unpaired) electrons. The number of benzene rings is 1. The molecule has 1 aliphatic rings. The molecule has 0 aliphatic heterocycles. The zero-order chi connectivity index (χ0) is 6.97. The molecule has 1 aliphatic carbocycles. The standard InChI is InChI=1S/C9H8Br/c10-9-3-1-2-8(6-9)7-4-5-7/h1-4,6-7H,5H2. The zero-order valence-electron chi connectivity index (χ0n) is 5.55. The van der Waals surface area contributed by atoms with Gasteiger partial charge in [0.2, 0.25) is 0 Å². The fourth-order valence-corrected chi connectivity index (χ4v) is 1.49. The lowest BCUT2D eigenvalue weighted by molar-refractivity contribution is 1.16. The number of halogens is 1. The Hall–Kier alpha value is -0.300. The molecule has 0 amide bonds. The SMILES string of the molecule is Brc1cccc(C2[CH]C2)c1. The van der Waals surface area contributed by atoms with Crippen LogP contribution in [-0.4, -0.2) is 0 Å². The normalized spacial score (nSPS) is 17.3. The fraction of sp³-hybridized carbons (Fsp3) is 0.222. The van der Waals surface area contributed by atoms with Gasteiger partial charge >= 0.3 is 0 Å². The van der Waals surface area contributed by atoms with Gasteiger partial charge in [0.15, 0.2) is 0 Å². The molecule has 1 saturated carbocycles. The largest absolute Gasteiger partial charge is 0.0609 e. The third-order valence-corrected chi connectivity index (χ3v) is 2.24. The molecule has 10 heavy (non-hydrogen) atoms. The average Bonchev–Trinajstić information content (AvgIpc) is 2.68. The minimum atomic E-state index is 0.748. The highest BCUT2D eigenvalue weighted by Crippen LogP contribution is 2.39. The van der Waals surface area contributed by atoms with Crippen LogP contribution < -0.4 is 0 Å². The van der Waals surface area contributed by atoms with Crippen molar-refractivity contribution in [1.29, 1.82) is 0 Å². The van der Waals surface area contributed by atoms with Crippen LogP contribution in [0.15, 0.2) is 28.7 Å². The molecule has 0 N–H and O–H groups in total. The first-order valence-electron chi connectivity index (χ1n) is 3.45. The quantitative estimate of drug-likeness (QED) is 0.647. The molecule has 1 aromatic rings. The topological polar surface area (TPSA) is 0 Å². The molecule has 0 heterocycles. The van der Waals surface area contributed by atoms with Gasteiger partial charge in [0.25, 0.3) is 0 Å². The minimum Gasteiger partial charge on any atom is -0.0609 e. The van der Waals surface area contributed by atoms with Crippen LogP contribution in [0, 0.1) is 6.42 Å². The Labute approximate surface area is 69.4 Å². The second-order valence-corrected chi connectivity index (χ2v) is 3.55. The van der Waals surface area contributed by atoms with Crippen molar-refractivity contribution in [3.05, 3.63) is 40.7 Å². The Morgan fingerprint density at radius 1 is 1.40 bits per heavy atom. The molecule has 0 saturated heterocycles. The van der Waals surface area contributed by atoms with E-state index < -0.39 is 0 Å². The Kier molecular flexibility index (Phi) is 1.53. The summed E-state index contributed by atoms with van der Waals surface area (Å²) in [5, 5.41) is 0. The van der Waals surface area contributed by atoms with Crippen LogP contribution >= 0.6 is 15.9 Å². The van der Waals surface area contributed by atoms with Crippen molar-refractivity contribution >= 4 is 15.9 Å². The van der Waals surface area contributed by atoms with Gasteiger partial charge in [-0.25, -0.2) is 0 Å². The molecular weight excluding hydrogens is 188 g/mol. The van der Waals surface area contributed by atoms with Gasteiger partial charge in [-0.15, -0.1) is 0 Å². The Morgan fingerprint density at radius 2 is 2.20 bits per heavy atom. The highest BCUT2D eigenvalue weighted by molar-refractivity contribution is 9.10. The van der Waals surface area contributed by atoms with E-state index in [1.54, 1.807) is 0 Å². The molecule has 0 spiro atoms. The minimum absolute atomic E-state index is 0.748.